The molecule has 5 heteroatoms. The molecule has 0 atom stereocenters. The van der Waals surface area contributed by atoms with Crippen molar-refractivity contribution in [1.82, 2.24) is 4.98 Å². The molecule has 0 amide bonds. The predicted octanol–water partition coefficient (Wildman–Crippen LogP) is 3.80. The van der Waals surface area contributed by atoms with Gasteiger partial charge in [-0.15, -0.1) is 0 Å². The second-order valence-corrected chi connectivity index (χ2v) is 6.58. The zero-order valence-corrected chi connectivity index (χ0v) is 12.3. The van der Waals surface area contributed by atoms with E-state index < -0.39 is 0 Å². The van der Waals surface area contributed by atoms with Gasteiger partial charge in [0, 0.05) is 11.3 Å². The molecule has 1 aromatic rings. The van der Waals surface area contributed by atoms with Crippen molar-refractivity contribution < 1.29 is 0 Å². The average Bonchev–Trinajstić information content (AvgIpc) is 2.39. The zero-order valence-electron chi connectivity index (χ0n) is 10.7. The molecule has 1 heterocycles. The van der Waals surface area contributed by atoms with Crippen molar-refractivity contribution in [2.75, 3.05) is 23.9 Å². The molecule has 0 saturated heterocycles. The first-order chi connectivity index (χ1) is 8.65. The maximum absolute atomic E-state index is 6.12. The minimum absolute atomic E-state index is 0.338. The van der Waals surface area contributed by atoms with Crippen LogP contribution in [0.15, 0.2) is 12.3 Å². The van der Waals surface area contributed by atoms with Crippen molar-refractivity contribution in [2.24, 2.45) is 0 Å². The first-order valence-corrected chi connectivity index (χ1v) is 7.95. The van der Waals surface area contributed by atoms with Crippen molar-refractivity contribution in [3.8, 4) is 0 Å². The molecule has 18 heavy (non-hydrogen) atoms. The lowest BCUT2D eigenvalue weighted by Crippen LogP contribution is -2.35. The van der Waals surface area contributed by atoms with Gasteiger partial charge in [0.25, 0.3) is 0 Å². The van der Waals surface area contributed by atoms with E-state index in [1.807, 2.05) is 11.8 Å². The van der Waals surface area contributed by atoms with Gasteiger partial charge in [0.05, 0.1) is 16.9 Å². The fourth-order valence-electron chi connectivity index (χ4n) is 2.48. The summed E-state index contributed by atoms with van der Waals surface area (Å²) in [7, 11) is 0. The Kier molecular flexibility index (Phi) is 4.62. The number of nitrogens with two attached hydrogens (primary N) is 1. The van der Waals surface area contributed by atoms with Gasteiger partial charge in [-0.3, -0.25) is 0 Å². The van der Waals surface area contributed by atoms with Crippen molar-refractivity contribution in [3.05, 3.63) is 17.3 Å². The summed E-state index contributed by atoms with van der Waals surface area (Å²) in [6.07, 6.45) is 10.4. The van der Waals surface area contributed by atoms with E-state index in [2.05, 4.69) is 16.6 Å². The van der Waals surface area contributed by atoms with Gasteiger partial charge in [-0.05, 0) is 25.2 Å². The largest absolute Gasteiger partial charge is 0.397 e. The van der Waals surface area contributed by atoms with E-state index in [0.717, 1.165) is 12.4 Å². The highest BCUT2D eigenvalue weighted by atomic mass is 35.5. The topological polar surface area (TPSA) is 50.9 Å². The Morgan fingerprint density at radius 3 is 2.78 bits per heavy atom. The van der Waals surface area contributed by atoms with Gasteiger partial charge < -0.3 is 11.1 Å². The minimum Gasteiger partial charge on any atom is -0.397 e. The minimum atomic E-state index is 0.338. The Morgan fingerprint density at radius 1 is 1.44 bits per heavy atom. The van der Waals surface area contributed by atoms with Crippen LogP contribution in [-0.4, -0.2) is 22.5 Å². The SMILES string of the molecule is CSC1(CNc2ncc(N)cc2Cl)CCCCC1. The number of halogens is 1. The molecule has 1 aromatic heterocycles. The standard InChI is InChI=1S/C13H20ClN3S/c1-18-13(5-3-2-4-6-13)9-17-12-11(14)7-10(15)8-16-12/h7-8H,2-6,9,15H2,1H3,(H,16,17). The molecule has 1 saturated carbocycles. The van der Waals surface area contributed by atoms with Crippen molar-refractivity contribution in [2.45, 2.75) is 36.9 Å². The molecule has 2 rings (SSSR count). The lowest BCUT2D eigenvalue weighted by molar-refractivity contribution is 0.411. The normalized spacial score (nSPS) is 18.6. The van der Waals surface area contributed by atoms with Gasteiger partial charge in [0.2, 0.25) is 0 Å². The molecule has 1 aliphatic carbocycles. The van der Waals surface area contributed by atoms with E-state index >= 15 is 0 Å². The molecule has 0 bridgehead atoms. The summed E-state index contributed by atoms with van der Waals surface area (Å²) in [6.45, 7) is 0.921. The third-order valence-electron chi connectivity index (χ3n) is 3.64. The molecular formula is C13H20ClN3S. The monoisotopic (exact) mass is 285 g/mol. The maximum atomic E-state index is 6.12. The third-order valence-corrected chi connectivity index (χ3v) is 5.34. The predicted molar refractivity (Wildman–Crippen MR) is 81.5 cm³/mol. The lowest BCUT2D eigenvalue weighted by atomic mass is 9.88. The summed E-state index contributed by atoms with van der Waals surface area (Å²) in [5, 5.41) is 3.98. The van der Waals surface area contributed by atoms with Crippen LogP contribution in [0.25, 0.3) is 0 Å². The fourth-order valence-corrected chi connectivity index (χ4v) is 3.63. The van der Waals surface area contributed by atoms with Crippen LogP contribution in [0.5, 0.6) is 0 Å². The lowest BCUT2D eigenvalue weighted by Gasteiger charge is -2.36. The maximum Gasteiger partial charge on any atom is 0.144 e. The highest BCUT2D eigenvalue weighted by Crippen LogP contribution is 2.38. The number of anilines is 2. The van der Waals surface area contributed by atoms with Gasteiger partial charge in [0.15, 0.2) is 0 Å². The third kappa shape index (κ3) is 3.23. The molecule has 1 aliphatic rings. The van der Waals surface area contributed by atoms with Crippen LogP contribution in [0, 0.1) is 0 Å². The summed E-state index contributed by atoms with van der Waals surface area (Å²) < 4.78 is 0.338. The van der Waals surface area contributed by atoms with E-state index in [-0.39, 0.29) is 0 Å². The molecule has 1 fully saturated rings. The second kappa shape index (κ2) is 6.02. The highest BCUT2D eigenvalue weighted by molar-refractivity contribution is 8.00. The van der Waals surface area contributed by atoms with Crippen LogP contribution in [0.4, 0.5) is 11.5 Å². The van der Waals surface area contributed by atoms with Gasteiger partial charge in [-0.25, -0.2) is 4.98 Å². The summed E-state index contributed by atoms with van der Waals surface area (Å²) in [5.74, 6) is 0.741. The second-order valence-electron chi connectivity index (χ2n) is 4.90. The Hall–Kier alpha value is -0.610. The van der Waals surface area contributed by atoms with Crippen LogP contribution in [0.3, 0.4) is 0 Å². The number of rotatable bonds is 4. The van der Waals surface area contributed by atoms with Crippen molar-refractivity contribution in [3.63, 3.8) is 0 Å². The Labute approximate surface area is 118 Å². The van der Waals surface area contributed by atoms with E-state index in [0.29, 0.717) is 15.5 Å². The van der Waals surface area contributed by atoms with Gasteiger partial charge in [-0.2, -0.15) is 11.8 Å². The Bertz CT molecular complexity index is 405. The molecule has 0 aliphatic heterocycles. The van der Waals surface area contributed by atoms with Gasteiger partial charge in [-0.1, -0.05) is 30.9 Å². The number of hydrogen-bond donors (Lipinski definition) is 2. The molecule has 0 aromatic carbocycles. The fraction of sp³-hybridized carbons (Fsp3) is 0.615. The van der Waals surface area contributed by atoms with E-state index in [9.17, 15) is 0 Å². The summed E-state index contributed by atoms with van der Waals surface area (Å²) in [4.78, 5) is 4.25. The zero-order chi connectivity index (χ0) is 13.0. The number of hydrogen-bond acceptors (Lipinski definition) is 4. The number of nitrogen functional groups attached to an aromatic ring is 1. The number of thioether (sulfide) groups is 1. The first kappa shape index (κ1) is 13.8. The molecule has 0 radical (unpaired) electrons. The summed E-state index contributed by atoms with van der Waals surface area (Å²) in [6, 6.07) is 1.74. The van der Waals surface area contributed by atoms with Crippen molar-refractivity contribution >= 4 is 34.9 Å². The molecule has 0 spiro atoms. The number of aromatic nitrogens is 1. The molecule has 100 valence electrons. The molecular weight excluding hydrogens is 266 g/mol. The molecule has 3 N–H and O–H groups in total. The number of nitrogens with one attached hydrogen (secondary N) is 1. The first-order valence-electron chi connectivity index (χ1n) is 6.35. The van der Waals surface area contributed by atoms with Gasteiger partial charge >= 0.3 is 0 Å². The van der Waals surface area contributed by atoms with Crippen LogP contribution in [-0.2, 0) is 0 Å². The average molecular weight is 286 g/mol. The quantitative estimate of drug-likeness (QED) is 0.884. The number of pyridine rings is 1. The van der Waals surface area contributed by atoms with Crippen LogP contribution in [0.2, 0.25) is 5.02 Å². The van der Waals surface area contributed by atoms with E-state index in [4.69, 9.17) is 17.3 Å². The van der Waals surface area contributed by atoms with Crippen molar-refractivity contribution in [1.29, 1.82) is 0 Å². The van der Waals surface area contributed by atoms with Crippen LogP contribution in [0.1, 0.15) is 32.1 Å². The smallest absolute Gasteiger partial charge is 0.144 e. The molecule has 0 unspecified atom stereocenters. The van der Waals surface area contributed by atoms with Crippen LogP contribution < -0.4 is 11.1 Å². The summed E-state index contributed by atoms with van der Waals surface area (Å²) in [5.41, 5.74) is 6.24. The molecule has 3 nitrogen and oxygen atoms in total. The van der Waals surface area contributed by atoms with E-state index in [1.165, 1.54) is 32.1 Å². The van der Waals surface area contributed by atoms with E-state index in [1.54, 1.807) is 12.3 Å². The highest BCUT2D eigenvalue weighted by Gasteiger charge is 2.31. The number of nitrogens with zero attached hydrogens (tertiary/aromatic N) is 1. The summed E-state index contributed by atoms with van der Waals surface area (Å²) >= 11 is 8.09. The van der Waals surface area contributed by atoms with Gasteiger partial charge in [0.1, 0.15) is 5.82 Å². The Balaban J connectivity index is 2.01. The Morgan fingerprint density at radius 2 is 2.17 bits per heavy atom. The van der Waals surface area contributed by atoms with Crippen LogP contribution >= 0.6 is 23.4 Å².